The molecule has 0 fully saturated rings. The van der Waals surface area contributed by atoms with Crippen molar-refractivity contribution in [2.45, 2.75) is 45.3 Å². The molecule has 0 aliphatic rings. The van der Waals surface area contributed by atoms with Gasteiger partial charge < -0.3 is 20.5 Å². The number of methoxy groups -OCH3 is 1. The standard InChI is InChI=1S/C11H22N2O4/c1-4-5-8(2)13-11(16)12-7-9(17-3)6-10(14)15/h8-9H,4-7H2,1-3H3,(H,14,15)(H2,12,13,16). The predicted octanol–water partition coefficient (Wildman–Crippen LogP) is 0.964. The highest BCUT2D eigenvalue weighted by Gasteiger charge is 2.14. The molecule has 0 saturated heterocycles. The van der Waals surface area contributed by atoms with Gasteiger partial charge in [-0.25, -0.2) is 4.79 Å². The van der Waals surface area contributed by atoms with Crippen LogP contribution in [-0.4, -0.2) is 42.9 Å². The number of carbonyl (C=O) groups is 2. The van der Waals surface area contributed by atoms with Gasteiger partial charge in [-0.15, -0.1) is 0 Å². The van der Waals surface area contributed by atoms with Crippen LogP contribution in [0, 0.1) is 0 Å². The molecule has 0 aliphatic heterocycles. The van der Waals surface area contributed by atoms with E-state index in [-0.39, 0.29) is 25.0 Å². The molecule has 100 valence electrons. The van der Waals surface area contributed by atoms with Crippen LogP contribution in [0.2, 0.25) is 0 Å². The molecular weight excluding hydrogens is 224 g/mol. The first-order valence-corrected chi connectivity index (χ1v) is 5.78. The second kappa shape index (κ2) is 8.81. The fourth-order valence-electron chi connectivity index (χ4n) is 1.42. The van der Waals surface area contributed by atoms with E-state index < -0.39 is 12.1 Å². The molecule has 6 heteroatoms. The fourth-order valence-corrected chi connectivity index (χ4v) is 1.42. The summed E-state index contributed by atoms with van der Waals surface area (Å²) in [5.74, 6) is -0.946. The van der Waals surface area contributed by atoms with Crippen LogP contribution in [0.15, 0.2) is 0 Å². The molecule has 2 atom stereocenters. The number of ether oxygens (including phenoxy) is 1. The second-order valence-electron chi connectivity index (χ2n) is 4.00. The first-order valence-electron chi connectivity index (χ1n) is 5.78. The van der Waals surface area contributed by atoms with E-state index in [2.05, 4.69) is 10.6 Å². The zero-order chi connectivity index (χ0) is 13.3. The Morgan fingerprint density at radius 1 is 1.41 bits per heavy atom. The summed E-state index contributed by atoms with van der Waals surface area (Å²) in [6.45, 7) is 4.16. The summed E-state index contributed by atoms with van der Waals surface area (Å²) in [5.41, 5.74) is 0. The molecule has 6 nitrogen and oxygen atoms in total. The molecule has 0 saturated carbocycles. The van der Waals surface area contributed by atoms with Crippen molar-refractivity contribution in [2.24, 2.45) is 0 Å². The summed E-state index contributed by atoms with van der Waals surface area (Å²) >= 11 is 0. The number of hydrogen-bond donors (Lipinski definition) is 3. The van der Waals surface area contributed by atoms with Gasteiger partial charge in [0.25, 0.3) is 0 Å². The van der Waals surface area contributed by atoms with Crippen LogP contribution in [0.25, 0.3) is 0 Å². The van der Waals surface area contributed by atoms with Crippen LogP contribution in [0.5, 0.6) is 0 Å². The van der Waals surface area contributed by atoms with Crippen molar-refractivity contribution in [2.75, 3.05) is 13.7 Å². The number of rotatable bonds is 8. The van der Waals surface area contributed by atoms with Crippen molar-refractivity contribution in [3.05, 3.63) is 0 Å². The van der Waals surface area contributed by atoms with Gasteiger partial charge in [0.15, 0.2) is 0 Å². The minimum atomic E-state index is -0.946. The minimum Gasteiger partial charge on any atom is -0.481 e. The molecular formula is C11H22N2O4. The van der Waals surface area contributed by atoms with Gasteiger partial charge >= 0.3 is 12.0 Å². The Kier molecular flexibility index (Phi) is 8.13. The summed E-state index contributed by atoms with van der Waals surface area (Å²) in [5, 5.41) is 13.9. The summed E-state index contributed by atoms with van der Waals surface area (Å²) < 4.78 is 4.94. The average Bonchev–Trinajstić information content (AvgIpc) is 2.23. The lowest BCUT2D eigenvalue weighted by Gasteiger charge is -2.17. The van der Waals surface area contributed by atoms with Crippen LogP contribution in [-0.2, 0) is 9.53 Å². The van der Waals surface area contributed by atoms with Crippen LogP contribution in [0.3, 0.4) is 0 Å². The minimum absolute atomic E-state index is 0.112. The van der Waals surface area contributed by atoms with Gasteiger partial charge in [0, 0.05) is 19.7 Å². The fraction of sp³-hybridized carbons (Fsp3) is 0.818. The summed E-state index contributed by atoms with van der Waals surface area (Å²) in [6, 6.07) is -0.182. The van der Waals surface area contributed by atoms with Gasteiger partial charge in [-0.05, 0) is 13.3 Å². The van der Waals surface area contributed by atoms with E-state index >= 15 is 0 Å². The summed E-state index contributed by atoms with van der Waals surface area (Å²) in [6.07, 6.45) is 1.29. The number of urea groups is 1. The molecule has 0 heterocycles. The highest BCUT2D eigenvalue weighted by molar-refractivity contribution is 5.74. The topological polar surface area (TPSA) is 87.7 Å². The number of aliphatic carboxylic acids is 1. The Hall–Kier alpha value is -1.30. The SMILES string of the molecule is CCCC(C)NC(=O)NCC(CC(=O)O)OC. The summed E-state index contributed by atoms with van der Waals surface area (Å²) in [4.78, 5) is 21.9. The molecule has 0 aromatic rings. The Bertz CT molecular complexity index is 246. The first-order chi connectivity index (χ1) is 7.99. The Labute approximate surface area is 102 Å². The number of carboxylic acid groups (broad SMARTS) is 1. The van der Waals surface area contributed by atoms with Gasteiger partial charge in [-0.3, -0.25) is 4.79 Å². The largest absolute Gasteiger partial charge is 0.481 e. The van der Waals surface area contributed by atoms with E-state index in [1.165, 1.54) is 7.11 Å². The molecule has 2 amide bonds. The van der Waals surface area contributed by atoms with Crippen molar-refractivity contribution >= 4 is 12.0 Å². The number of carboxylic acids is 1. The van der Waals surface area contributed by atoms with Crippen LogP contribution >= 0.6 is 0 Å². The first kappa shape index (κ1) is 15.7. The molecule has 0 aliphatic carbocycles. The third kappa shape index (κ3) is 8.50. The third-order valence-corrected chi connectivity index (χ3v) is 2.33. The van der Waals surface area contributed by atoms with E-state index in [1.807, 2.05) is 13.8 Å². The molecule has 3 N–H and O–H groups in total. The van der Waals surface area contributed by atoms with E-state index in [0.717, 1.165) is 12.8 Å². The van der Waals surface area contributed by atoms with E-state index in [4.69, 9.17) is 9.84 Å². The van der Waals surface area contributed by atoms with Gasteiger partial charge in [-0.1, -0.05) is 13.3 Å². The molecule has 0 rings (SSSR count). The van der Waals surface area contributed by atoms with Crippen molar-refractivity contribution in [1.82, 2.24) is 10.6 Å². The monoisotopic (exact) mass is 246 g/mol. The highest BCUT2D eigenvalue weighted by atomic mass is 16.5. The molecule has 0 aromatic carbocycles. The molecule has 0 aromatic heterocycles. The maximum absolute atomic E-state index is 11.4. The van der Waals surface area contributed by atoms with Gasteiger partial charge in [-0.2, -0.15) is 0 Å². The Morgan fingerprint density at radius 2 is 2.06 bits per heavy atom. The lowest BCUT2D eigenvalue weighted by Crippen LogP contribution is -2.44. The highest BCUT2D eigenvalue weighted by Crippen LogP contribution is 1.96. The molecule has 0 radical (unpaired) electrons. The summed E-state index contributed by atoms with van der Waals surface area (Å²) in [7, 11) is 1.42. The number of nitrogens with one attached hydrogen (secondary N) is 2. The smallest absolute Gasteiger partial charge is 0.315 e. The van der Waals surface area contributed by atoms with Crippen molar-refractivity contribution in [1.29, 1.82) is 0 Å². The zero-order valence-corrected chi connectivity index (χ0v) is 10.7. The van der Waals surface area contributed by atoms with E-state index in [9.17, 15) is 9.59 Å². The number of carbonyl (C=O) groups excluding carboxylic acids is 1. The molecule has 2 unspecified atom stereocenters. The van der Waals surface area contributed by atoms with Gasteiger partial charge in [0.1, 0.15) is 0 Å². The van der Waals surface area contributed by atoms with Gasteiger partial charge in [0.2, 0.25) is 0 Å². The second-order valence-corrected chi connectivity index (χ2v) is 4.00. The van der Waals surface area contributed by atoms with Crippen LogP contribution in [0.4, 0.5) is 4.79 Å². The van der Waals surface area contributed by atoms with Crippen molar-refractivity contribution < 1.29 is 19.4 Å². The molecule has 0 spiro atoms. The Balaban J connectivity index is 3.84. The third-order valence-electron chi connectivity index (χ3n) is 2.33. The van der Waals surface area contributed by atoms with Crippen molar-refractivity contribution in [3.8, 4) is 0 Å². The predicted molar refractivity (Wildman–Crippen MR) is 64.0 cm³/mol. The van der Waals surface area contributed by atoms with E-state index in [0.29, 0.717) is 0 Å². The molecule has 17 heavy (non-hydrogen) atoms. The van der Waals surface area contributed by atoms with Gasteiger partial charge in [0.05, 0.1) is 12.5 Å². The van der Waals surface area contributed by atoms with Crippen molar-refractivity contribution in [3.63, 3.8) is 0 Å². The quantitative estimate of drug-likeness (QED) is 0.595. The molecule has 0 bridgehead atoms. The zero-order valence-electron chi connectivity index (χ0n) is 10.7. The van der Waals surface area contributed by atoms with Crippen LogP contribution in [0.1, 0.15) is 33.1 Å². The maximum Gasteiger partial charge on any atom is 0.315 e. The van der Waals surface area contributed by atoms with E-state index in [1.54, 1.807) is 0 Å². The normalized spacial score (nSPS) is 13.8. The number of amides is 2. The number of hydrogen-bond acceptors (Lipinski definition) is 3. The lowest BCUT2D eigenvalue weighted by atomic mass is 10.2. The van der Waals surface area contributed by atoms with Crippen LogP contribution < -0.4 is 10.6 Å². The lowest BCUT2D eigenvalue weighted by molar-refractivity contribution is -0.139. The average molecular weight is 246 g/mol. The maximum atomic E-state index is 11.4. The Morgan fingerprint density at radius 3 is 2.53 bits per heavy atom.